The van der Waals surface area contributed by atoms with E-state index in [2.05, 4.69) is 11.6 Å². The molecule has 2 heterocycles. The van der Waals surface area contributed by atoms with Crippen LogP contribution >= 0.6 is 0 Å². The predicted molar refractivity (Wildman–Crippen MR) is 91.2 cm³/mol. The Hall–Kier alpha value is -3.09. The lowest BCUT2D eigenvalue weighted by Crippen LogP contribution is -2.08. The van der Waals surface area contributed by atoms with Gasteiger partial charge in [-0.3, -0.25) is 4.40 Å². The molecule has 0 N–H and O–H groups in total. The predicted octanol–water partition coefficient (Wildman–Crippen LogP) is 4.63. The molecule has 3 aromatic rings. The second-order valence-corrected chi connectivity index (χ2v) is 5.67. The summed E-state index contributed by atoms with van der Waals surface area (Å²) in [6.45, 7) is 7.33. The Balaban J connectivity index is 2.35. The molecule has 3 rings (SSSR count). The molecule has 7 heteroatoms. The molecule has 26 heavy (non-hydrogen) atoms. The fourth-order valence-electron chi connectivity index (χ4n) is 2.78. The number of imidazole rings is 1. The van der Waals surface area contributed by atoms with E-state index in [1.807, 2.05) is 0 Å². The molecule has 1 aromatic carbocycles. The minimum Gasteiger partial charge on any atom is -0.461 e. The standard InChI is InChI=1S/C19H15F3N2O2/c1-4-26-19(25)16-17(10(2)3)24-7-5-6-12(18(24)23-16)13-8-11(20)9-14(21)15(13)22/h5-9H,2,4H2,1,3H3. The third-order valence-electron chi connectivity index (χ3n) is 3.81. The van der Waals surface area contributed by atoms with Gasteiger partial charge in [0, 0.05) is 23.4 Å². The van der Waals surface area contributed by atoms with E-state index in [4.69, 9.17) is 4.74 Å². The van der Waals surface area contributed by atoms with Crippen molar-refractivity contribution in [3.63, 3.8) is 0 Å². The number of fused-ring (bicyclic) bond motifs is 1. The van der Waals surface area contributed by atoms with Crippen LogP contribution in [0.2, 0.25) is 0 Å². The highest BCUT2D eigenvalue weighted by Gasteiger charge is 2.24. The summed E-state index contributed by atoms with van der Waals surface area (Å²) in [6.07, 6.45) is 1.60. The molecule has 0 amide bonds. The van der Waals surface area contributed by atoms with Gasteiger partial charge in [0.05, 0.1) is 12.3 Å². The third-order valence-corrected chi connectivity index (χ3v) is 3.81. The van der Waals surface area contributed by atoms with Gasteiger partial charge >= 0.3 is 5.97 Å². The van der Waals surface area contributed by atoms with Crippen molar-refractivity contribution in [1.82, 2.24) is 9.38 Å². The van der Waals surface area contributed by atoms with Crippen molar-refractivity contribution < 1.29 is 22.7 Å². The summed E-state index contributed by atoms with van der Waals surface area (Å²) in [5.74, 6) is -4.08. The molecule has 4 nitrogen and oxygen atoms in total. The zero-order chi connectivity index (χ0) is 19.0. The molecule has 0 atom stereocenters. The maximum atomic E-state index is 14.3. The summed E-state index contributed by atoms with van der Waals surface area (Å²) >= 11 is 0. The Labute approximate surface area is 147 Å². The first-order valence-corrected chi connectivity index (χ1v) is 7.84. The normalized spacial score (nSPS) is 11.0. The van der Waals surface area contributed by atoms with E-state index < -0.39 is 23.4 Å². The van der Waals surface area contributed by atoms with E-state index in [1.165, 1.54) is 10.5 Å². The van der Waals surface area contributed by atoms with Crippen molar-refractivity contribution in [2.45, 2.75) is 13.8 Å². The van der Waals surface area contributed by atoms with Crippen LogP contribution < -0.4 is 0 Å². The van der Waals surface area contributed by atoms with Crippen LogP contribution in [0, 0.1) is 17.5 Å². The van der Waals surface area contributed by atoms with Crippen LogP contribution in [0.1, 0.15) is 30.0 Å². The van der Waals surface area contributed by atoms with Crippen molar-refractivity contribution in [3.05, 3.63) is 65.9 Å². The Morgan fingerprint density at radius 3 is 2.65 bits per heavy atom. The number of benzene rings is 1. The maximum Gasteiger partial charge on any atom is 0.359 e. The van der Waals surface area contributed by atoms with Gasteiger partial charge in [-0.1, -0.05) is 6.58 Å². The second kappa shape index (κ2) is 6.67. The van der Waals surface area contributed by atoms with Crippen LogP contribution in [0.25, 0.3) is 22.3 Å². The van der Waals surface area contributed by atoms with Gasteiger partial charge in [-0.15, -0.1) is 0 Å². The van der Waals surface area contributed by atoms with E-state index in [1.54, 1.807) is 26.1 Å². The van der Waals surface area contributed by atoms with E-state index >= 15 is 0 Å². The monoisotopic (exact) mass is 360 g/mol. The average molecular weight is 360 g/mol. The number of pyridine rings is 1. The molecule has 0 unspecified atom stereocenters. The number of hydrogen-bond donors (Lipinski definition) is 0. The van der Waals surface area contributed by atoms with Crippen LogP contribution in [-0.2, 0) is 4.74 Å². The minimum atomic E-state index is -1.31. The number of nitrogens with zero attached hydrogens (tertiary/aromatic N) is 2. The van der Waals surface area contributed by atoms with Crippen molar-refractivity contribution >= 4 is 17.2 Å². The van der Waals surface area contributed by atoms with Gasteiger partial charge in [-0.25, -0.2) is 22.9 Å². The SMILES string of the molecule is C=C(C)c1c(C(=O)OCC)nc2c(-c3cc(F)cc(F)c3F)cccn12. The first kappa shape index (κ1) is 17.7. The number of rotatable bonds is 4. The average Bonchev–Trinajstić information content (AvgIpc) is 2.98. The molecule has 134 valence electrons. The van der Waals surface area contributed by atoms with Crippen molar-refractivity contribution in [1.29, 1.82) is 0 Å². The summed E-state index contributed by atoms with van der Waals surface area (Å²) in [5.41, 5.74) is 0.936. The quantitative estimate of drug-likeness (QED) is 0.503. The fourth-order valence-corrected chi connectivity index (χ4v) is 2.78. The van der Waals surface area contributed by atoms with Gasteiger partial charge in [0.2, 0.25) is 0 Å². The highest BCUT2D eigenvalue weighted by Crippen LogP contribution is 2.31. The van der Waals surface area contributed by atoms with Crippen molar-refractivity contribution in [2.75, 3.05) is 6.61 Å². The summed E-state index contributed by atoms with van der Waals surface area (Å²) < 4.78 is 48.0. The number of allylic oxidation sites excluding steroid dienone is 1. The summed E-state index contributed by atoms with van der Waals surface area (Å²) in [6, 6.07) is 4.38. The topological polar surface area (TPSA) is 43.6 Å². The first-order chi connectivity index (χ1) is 12.3. The van der Waals surface area contributed by atoms with E-state index in [0.717, 1.165) is 6.07 Å². The van der Waals surface area contributed by atoms with Crippen molar-refractivity contribution in [3.8, 4) is 11.1 Å². The number of carbonyl (C=O) groups excluding carboxylic acids is 1. The summed E-state index contributed by atoms with van der Waals surface area (Å²) in [5, 5.41) is 0. The Morgan fingerprint density at radius 2 is 2.00 bits per heavy atom. The van der Waals surface area contributed by atoms with Crippen LogP contribution in [0.15, 0.2) is 37.0 Å². The lowest BCUT2D eigenvalue weighted by molar-refractivity contribution is 0.0520. The Kier molecular flexibility index (Phi) is 4.54. The zero-order valence-electron chi connectivity index (χ0n) is 14.1. The van der Waals surface area contributed by atoms with Gasteiger partial charge in [-0.05, 0) is 37.6 Å². The number of hydrogen-bond acceptors (Lipinski definition) is 3. The molecule has 0 bridgehead atoms. The summed E-state index contributed by atoms with van der Waals surface area (Å²) in [4.78, 5) is 16.5. The largest absolute Gasteiger partial charge is 0.461 e. The molecule has 2 aromatic heterocycles. The molecular formula is C19H15F3N2O2. The molecule has 0 saturated heterocycles. The molecule has 0 fully saturated rings. The fraction of sp³-hybridized carbons (Fsp3) is 0.158. The Morgan fingerprint density at radius 1 is 1.27 bits per heavy atom. The van der Waals surface area contributed by atoms with Crippen LogP contribution in [0.5, 0.6) is 0 Å². The molecular weight excluding hydrogens is 345 g/mol. The first-order valence-electron chi connectivity index (χ1n) is 7.84. The summed E-state index contributed by atoms with van der Waals surface area (Å²) in [7, 11) is 0. The number of aromatic nitrogens is 2. The maximum absolute atomic E-state index is 14.3. The molecule has 0 aliphatic heterocycles. The highest BCUT2D eigenvalue weighted by atomic mass is 19.2. The van der Waals surface area contributed by atoms with Gasteiger partial charge in [0.1, 0.15) is 11.5 Å². The van der Waals surface area contributed by atoms with Gasteiger partial charge in [0.15, 0.2) is 17.3 Å². The second-order valence-electron chi connectivity index (χ2n) is 5.67. The smallest absolute Gasteiger partial charge is 0.359 e. The van der Waals surface area contributed by atoms with Crippen LogP contribution in [0.3, 0.4) is 0 Å². The van der Waals surface area contributed by atoms with E-state index in [0.29, 0.717) is 17.3 Å². The number of carbonyl (C=O) groups is 1. The van der Waals surface area contributed by atoms with E-state index in [-0.39, 0.29) is 29.1 Å². The highest BCUT2D eigenvalue weighted by molar-refractivity contribution is 5.95. The molecule has 0 saturated carbocycles. The van der Waals surface area contributed by atoms with Gasteiger partial charge < -0.3 is 4.74 Å². The minimum absolute atomic E-state index is 0.00378. The van der Waals surface area contributed by atoms with Gasteiger partial charge in [-0.2, -0.15) is 0 Å². The molecule has 0 radical (unpaired) electrons. The molecule has 0 aliphatic carbocycles. The number of esters is 1. The molecule has 0 aliphatic rings. The van der Waals surface area contributed by atoms with E-state index in [9.17, 15) is 18.0 Å². The van der Waals surface area contributed by atoms with Crippen molar-refractivity contribution in [2.24, 2.45) is 0 Å². The Bertz CT molecular complexity index is 1040. The van der Waals surface area contributed by atoms with Crippen LogP contribution in [0.4, 0.5) is 13.2 Å². The third kappa shape index (κ3) is 2.85. The number of halogens is 3. The van der Waals surface area contributed by atoms with Crippen LogP contribution in [-0.4, -0.2) is 22.0 Å². The number of ether oxygens (including phenoxy) is 1. The van der Waals surface area contributed by atoms with Gasteiger partial charge in [0.25, 0.3) is 0 Å². The lowest BCUT2D eigenvalue weighted by Gasteiger charge is -2.08. The zero-order valence-corrected chi connectivity index (χ0v) is 14.1. The molecule has 0 spiro atoms. The lowest BCUT2D eigenvalue weighted by atomic mass is 10.1.